The summed E-state index contributed by atoms with van der Waals surface area (Å²) in [6.07, 6.45) is 0. The first-order valence-electron chi connectivity index (χ1n) is 6.56. The summed E-state index contributed by atoms with van der Waals surface area (Å²) in [5.74, 6) is 1.35. The number of rotatable bonds is 5. The lowest BCUT2D eigenvalue weighted by molar-refractivity contribution is -0.849. The minimum atomic E-state index is -0.0332. The first-order valence-corrected chi connectivity index (χ1v) is 6.56. The van der Waals surface area contributed by atoms with Crippen molar-refractivity contribution < 1.29 is 14.4 Å². The van der Waals surface area contributed by atoms with Gasteiger partial charge in [-0.1, -0.05) is 30.3 Å². The molecule has 0 fully saturated rings. The topological polar surface area (TPSA) is 42.8 Å². The predicted molar refractivity (Wildman–Crippen MR) is 79.3 cm³/mol. The molecule has 0 heterocycles. The van der Waals surface area contributed by atoms with Crippen LogP contribution < -0.4 is 15.0 Å². The van der Waals surface area contributed by atoms with Crippen LogP contribution in [0.3, 0.4) is 0 Å². The standard InChI is InChI=1S/C16H18N2O2/c1-18(2)12-16(19)17-14-10-6-7-11-15(14)20-13-8-4-3-5-9-13/h3-11H,12H2,1-2H3,(H,17,19)/p+1. The van der Waals surface area contributed by atoms with Gasteiger partial charge >= 0.3 is 0 Å². The van der Waals surface area contributed by atoms with E-state index in [1.54, 1.807) is 0 Å². The maximum absolute atomic E-state index is 11.8. The lowest BCUT2D eigenvalue weighted by atomic mass is 10.3. The molecule has 0 aliphatic heterocycles. The second-order valence-electron chi connectivity index (χ2n) is 4.84. The molecular weight excluding hydrogens is 252 g/mol. The van der Waals surface area contributed by atoms with Crippen molar-refractivity contribution in [2.45, 2.75) is 0 Å². The zero-order valence-corrected chi connectivity index (χ0v) is 11.7. The van der Waals surface area contributed by atoms with E-state index >= 15 is 0 Å². The van der Waals surface area contributed by atoms with Gasteiger partial charge in [-0.05, 0) is 24.3 Å². The van der Waals surface area contributed by atoms with E-state index in [1.165, 1.54) is 0 Å². The number of carbonyl (C=O) groups excluding carboxylic acids is 1. The van der Waals surface area contributed by atoms with Gasteiger partial charge in [0.2, 0.25) is 0 Å². The minimum absolute atomic E-state index is 0.0332. The molecule has 0 saturated heterocycles. The fourth-order valence-electron chi connectivity index (χ4n) is 1.79. The molecule has 2 rings (SSSR count). The van der Waals surface area contributed by atoms with Gasteiger partial charge in [-0.25, -0.2) is 0 Å². The molecule has 0 spiro atoms. The van der Waals surface area contributed by atoms with Crippen LogP contribution in [0.25, 0.3) is 0 Å². The van der Waals surface area contributed by atoms with Gasteiger partial charge in [-0.15, -0.1) is 0 Å². The fourth-order valence-corrected chi connectivity index (χ4v) is 1.79. The molecule has 0 unspecified atom stereocenters. The van der Waals surface area contributed by atoms with Gasteiger partial charge in [-0.2, -0.15) is 0 Å². The highest BCUT2D eigenvalue weighted by atomic mass is 16.5. The molecule has 20 heavy (non-hydrogen) atoms. The van der Waals surface area contributed by atoms with Crippen molar-refractivity contribution in [1.29, 1.82) is 0 Å². The van der Waals surface area contributed by atoms with E-state index in [2.05, 4.69) is 5.32 Å². The number of amides is 1. The third-order valence-corrected chi connectivity index (χ3v) is 2.65. The second kappa shape index (κ2) is 6.73. The molecule has 0 saturated carbocycles. The van der Waals surface area contributed by atoms with E-state index in [9.17, 15) is 4.79 Å². The first-order chi connectivity index (χ1) is 9.65. The van der Waals surface area contributed by atoms with Gasteiger partial charge in [0.05, 0.1) is 19.8 Å². The van der Waals surface area contributed by atoms with Gasteiger partial charge in [0, 0.05) is 0 Å². The Hall–Kier alpha value is -2.33. The maximum atomic E-state index is 11.8. The van der Waals surface area contributed by atoms with E-state index in [-0.39, 0.29) is 5.91 Å². The van der Waals surface area contributed by atoms with Crippen LogP contribution in [0.15, 0.2) is 54.6 Å². The average molecular weight is 271 g/mol. The van der Waals surface area contributed by atoms with Crippen LogP contribution in [0.5, 0.6) is 11.5 Å². The Bertz CT molecular complexity index is 568. The Morgan fingerprint density at radius 1 is 1.05 bits per heavy atom. The Kier molecular flexibility index (Phi) is 4.74. The third kappa shape index (κ3) is 4.10. The summed E-state index contributed by atoms with van der Waals surface area (Å²) < 4.78 is 5.79. The number of likely N-dealkylation sites (N-methyl/N-ethyl adjacent to an activating group) is 1. The van der Waals surface area contributed by atoms with Crippen LogP contribution in [0.2, 0.25) is 0 Å². The zero-order valence-electron chi connectivity index (χ0n) is 11.7. The zero-order chi connectivity index (χ0) is 14.4. The molecule has 4 heteroatoms. The molecule has 104 valence electrons. The molecular formula is C16H19N2O2+. The van der Waals surface area contributed by atoms with E-state index in [0.29, 0.717) is 18.0 Å². The molecule has 0 radical (unpaired) electrons. The highest BCUT2D eigenvalue weighted by molar-refractivity contribution is 5.93. The van der Waals surface area contributed by atoms with Crippen molar-refractivity contribution in [1.82, 2.24) is 0 Å². The van der Waals surface area contributed by atoms with E-state index in [4.69, 9.17) is 4.74 Å². The predicted octanol–water partition coefficient (Wildman–Crippen LogP) is 1.56. The van der Waals surface area contributed by atoms with Gasteiger partial charge < -0.3 is 15.0 Å². The van der Waals surface area contributed by atoms with Crippen LogP contribution in [0.1, 0.15) is 0 Å². The quantitative estimate of drug-likeness (QED) is 0.866. The number of para-hydroxylation sites is 3. The second-order valence-corrected chi connectivity index (χ2v) is 4.84. The SMILES string of the molecule is C[NH+](C)CC(=O)Nc1ccccc1Oc1ccccc1. The van der Waals surface area contributed by atoms with Crippen LogP contribution in [0.4, 0.5) is 5.69 Å². The number of carbonyl (C=O) groups is 1. The van der Waals surface area contributed by atoms with Crippen molar-refractivity contribution >= 4 is 11.6 Å². The monoisotopic (exact) mass is 271 g/mol. The molecule has 0 aromatic heterocycles. The fraction of sp³-hybridized carbons (Fsp3) is 0.188. The summed E-state index contributed by atoms with van der Waals surface area (Å²) in [4.78, 5) is 12.9. The molecule has 4 nitrogen and oxygen atoms in total. The molecule has 1 amide bonds. The number of anilines is 1. The molecule has 0 aliphatic carbocycles. The number of benzene rings is 2. The van der Waals surface area contributed by atoms with Crippen molar-refractivity contribution in [2.75, 3.05) is 26.0 Å². The van der Waals surface area contributed by atoms with Crippen LogP contribution in [0, 0.1) is 0 Å². The van der Waals surface area contributed by atoms with E-state index in [1.807, 2.05) is 68.7 Å². The summed E-state index contributed by atoms with van der Waals surface area (Å²) in [5.41, 5.74) is 0.683. The summed E-state index contributed by atoms with van der Waals surface area (Å²) in [7, 11) is 3.87. The smallest absolute Gasteiger partial charge is 0.279 e. The maximum Gasteiger partial charge on any atom is 0.279 e. The average Bonchev–Trinajstić information content (AvgIpc) is 2.41. The number of quaternary nitrogens is 1. The van der Waals surface area contributed by atoms with E-state index in [0.717, 1.165) is 10.6 Å². The largest absolute Gasteiger partial charge is 0.455 e. The molecule has 0 bridgehead atoms. The van der Waals surface area contributed by atoms with E-state index < -0.39 is 0 Å². The highest BCUT2D eigenvalue weighted by Crippen LogP contribution is 2.28. The summed E-state index contributed by atoms with van der Waals surface area (Å²) in [6.45, 7) is 0.416. The van der Waals surface area contributed by atoms with Gasteiger partial charge in [0.25, 0.3) is 5.91 Å². The Morgan fingerprint density at radius 2 is 1.70 bits per heavy atom. The summed E-state index contributed by atoms with van der Waals surface area (Å²) in [5, 5.41) is 2.88. The number of hydrogen-bond donors (Lipinski definition) is 2. The van der Waals surface area contributed by atoms with Crippen molar-refractivity contribution in [3.8, 4) is 11.5 Å². The molecule has 0 atom stereocenters. The lowest BCUT2D eigenvalue weighted by Gasteiger charge is -2.13. The number of ether oxygens (including phenoxy) is 1. The summed E-state index contributed by atoms with van der Waals surface area (Å²) >= 11 is 0. The van der Waals surface area contributed by atoms with Crippen LogP contribution in [-0.4, -0.2) is 26.5 Å². The lowest BCUT2D eigenvalue weighted by Crippen LogP contribution is -3.06. The third-order valence-electron chi connectivity index (χ3n) is 2.65. The van der Waals surface area contributed by atoms with Crippen molar-refractivity contribution in [3.63, 3.8) is 0 Å². The molecule has 0 aliphatic rings. The Morgan fingerprint density at radius 3 is 2.40 bits per heavy atom. The first kappa shape index (κ1) is 14.1. The van der Waals surface area contributed by atoms with Crippen LogP contribution >= 0.6 is 0 Å². The normalized spacial score (nSPS) is 10.3. The minimum Gasteiger partial charge on any atom is -0.455 e. The Balaban J connectivity index is 2.12. The van der Waals surface area contributed by atoms with Gasteiger partial charge in [0.15, 0.2) is 12.3 Å². The summed E-state index contributed by atoms with van der Waals surface area (Å²) in [6, 6.07) is 16.9. The number of nitrogens with one attached hydrogen (secondary N) is 2. The van der Waals surface area contributed by atoms with Gasteiger partial charge in [0.1, 0.15) is 5.75 Å². The highest BCUT2D eigenvalue weighted by Gasteiger charge is 2.10. The molecule has 2 aromatic rings. The van der Waals surface area contributed by atoms with Crippen molar-refractivity contribution in [2.24, 2.45) is 0 Å². The van der Waals surface area contributed by atoms with Gasteiger partial charge in [-0.3, -0.25) is 4.79 Å². The molecule has 2 N–H and O–H groups in total. The number of hydrogen-bond acceptors (Lipinski definition) is 2. The Labute approximate surface area is 119 Å². The molecule has 2 aromatic carbocycles. The van der Waals surface area contributed by atoms with Crippen molar-refractivity contribution in [3.05, 3.63) is 54.6 Å². The van der Waals surface area contributed by atoms with Crippen LogP contribution in [-0.2, 0) is 4.79 Å².